The zero-order chi connectivity index (χ0) is 16.3. The first kappa shape index (κ1) is 15.9. The normalized spacial score (nSPS) is 11.1. The zero-order valence-electron chi connectivity index (χ0n) is 13.3. The molecule has 0 aromatic heterocycles. The van der Waals surface area contributed by atoms with Gasteiger partial charge in [0, 0.05) is 0 Å². The molecule has 4 heteroatoms. The fourth-order valence-electron chi connectivity index (χ4n) is 2.26. The number of carboxylic acid groups (broad SMARTS) is 1. The monoisotopic (exact) mass is 299 g/mol. The molecule has 1 amide bonds. The second-order valence-electron chi connectivity index (χ2n) is 6.09. The summed E-state index contributed by atoms with van der Waals surface area (Å²) < 4.78 is 5.36. The average molecular weight is 299 g/mol. The number of amides is 1. The lowest BCUT2D eigenvalue weighted by Crippen LogP contribution is -2.25. The SMILES string of the molecule is COc1ccc(C(C)(C)C)cc1N(C(=O)O)c1ccccc1. The number of rotatable bonds is 3. The quantitative estimate of drug-likeness (QED) is 0.885. The third kappa shape index (κ3) is 3.22. The van der Waals surface area contributed by atoms with Crippen molar-refractivity contribution in [3.05, 3.63) is 54.1 Å². The van der Waals surface area contributed by atoms with Crippen LogP contribution >= 0.6 is 0 Å². The summed E-state index contributed by atoms with van der Waals surface area (Å²) in [6.45, 7) is 6.27. The summed E-state index contributed by atoms with van der Waals surface area (Å²) in [6, 6.07) is 14.7. The standard InChI is InChI=1S/C18H21NO3/c1-18(2,3)13-10-11-16(22-4)15(12-13)19(17(20)21)14-8-6-5-7-9-14/h5-12H,1-4H3,(H,20,21). The van der Waals surface area contributed by atoms with E-state index >= 15 is 0 Å². The van der Waals surface area contributed by atoms with Crippen LogP contribution in [0.3, 0.4) is 0 Å². The maximum absolute atomic E-state index is 11.8. The van der Waals surface area contributed by atoms with Crippen LogP contribution in [0.2, 0.25) is 0 Å². The molecule has 22 heavy (non-hydrogen) atoms. The molecule has 1 N–H and O–H groups in total. The number of anilines is 2. The lowest BCUT2D eigenvalue weighted by atomic mass is 9.86. The van der Waals surface area contributed by atoms with Crippen LogP contribution in [-0.4, -0.2) is 18.3 Å². The van der Waals surface area contributed by atoms with Crippen molar-refractivity contribution in [3.8, 4) is 5.75 Å². The number of carbonyl (C=O) groups is 1. The number of hydrogen-bond acceptors (Lipinski definition) is 2. The molecule has 0 bridgehead atoms. The Bertz CT molecular complexity index is 660. The van der Waals surface area contributed by atoms with Gasteiger partial charge in [0.1, 0.15) is 5.75 Å². The van der Waals surface area contributed by atoms with Gasteiger partial charge in [-0.3, -0.25) is 0 Å². The van der Waals surface area contributed by atoms with E-state index in [1.807, 2.05) is 36.4 Å². The van der Waals surface area contributed by atoms with Gasteiger partial charge in [-0.2, -0.15) is 0 Å². The molecule has 0 aliphatic rings. The minimum absolute atomic E-state index is 0.0815. The summed E-state index contributed by atoms with van der Waals surface area (Å²) in [5, 5.41) is 9.66. The molecule has 0 heterocycles. The minimum atomic E-state index is -1.05. The molecule has 4 nitrogen and oxygen atoms in total. The Hall–Kier alpha value is -2.49. The van der Waals surface area contributed by atoms with E-state index in [-0.39, 0.29) is 5.41 Å². The van der Waals surface area contributed by atoms with E-state index in [1.54, 1.807) is 19.2 Å². The summed E-state index contributed by atoms with van der Waals surface area (Å²) in [5.74, 6) is 0.527. The van der Waals surface area contributed by atoms with Crippen molar-refractivity contribution in [1.29, 1.82) is 0 Å². The van der Waals surface area contributed by atoms with E-state index in [9.17, 15) is 9.90 Å². The fraction of sp³-hybridized carbons (Fsp3) is 0.278. The van der Waals surface area contributed by atoms with Crippen molar-refractivity contribution >= 4 is 17.5 Å². The smallest absolute Gasteiger partial charge is 0.416 e. The Morgan fingerprint density at radius 2 is 1.73 bits per heavy atom. The van der Waals surface area contributed by atoms with Crippen LogP contribution in [0.1, 0.15) is 26.3 Å². The Morgan fingerprint density at radius 1 is 1.09 bits per heavy atom. The van der Waals surface area contributed by atoms with Gasteiger partial charge in [-0.1, -0.05) is 45.0 Å². The predicted octanol–water partition coefficient (Wildman–Crippen LogP) is 4.81. The molecule has 0 saturated heterocycles. The van der Waals surface area contributed by atoms with Gasteiger partial charge in [0.15, 0.2) is 0 Å². The number of hydrogen-bond donors (Lipinski definition) is 1. The van der Waals surface area contributed by atoms with Crippen molar-refractivity contribution in [1.82, 2.24) is 0 Å². The number of benzene rings is 2. The number of nitrogens with zero attached hydrogens (tertiary/aromatic N) is 1. The lowest BCUT2D eigenvalue weighted by molar-refractivity contribution is 0.204. The molecule has 0 saturated carbocycles. The molecule has 0 fully saturated rings. The van der Waals surface area contributed by atoms with Crippen molar-refractivity contribution < 1.29 is 14.6 Å². The van der Waals surface area contributed by atoms with Crippen LogP contribution in [-0.2, 0) is 5.41 Å². The molecule has 2 aromatic carbocycles. The first-order valence-corrected chi connectivity index (χ1v) is 7.11. The highest BCUT2D eigenvalue weighted by Gasteiger charge is 2.23. The molecule has 0 aliphatic heterocycles. The topological polar surface area (TPSA) is 49.8 Å². The summed E-state index contributed by atoms with van der Waals surface area (Å²) >= 11 is 0. The highest BCUT2D eigenvalue weighted by atomic mass is 16.5. The summed E-state index contributed by atoms with van der Waals surface area (Å²) in [6.07, 6.45) is -1.05. The molecule has 0 unspecified atom stereocenters. The molecule has 2 rings (SSSR count). The van der Waals surface area contributed by atoms with Crippen LogP contribution in [0.4, 0.5) is 16.2 Å². The Morgan fingerprint density at radius 3 is 2.23 bits per heavy atom. The summed E-state index contributed by atoms with van der Waals surface area (Å²) in [4.78, 5) is 13.0. The van der Waals surface area contributed by atoms with Crippen LogP contribution < -0.4 is 9.64 Å². The van der Waals surface area contributed by atoms with Crippen molar-refractivity contribution in [2.75, 3.05) is 12.0 Å². The second-order valence-corrected chi connectivity index (χ2v) is 6.09. The number of ether oxygens (including phenoxy) is 1. The van der Waals surface area contributed by atoms with Crippen LogP contribution in [0, 0.1) is 0 Å². The molecule has 116 valence electrons. The third-order valence-electron chi connectivity index (χ3n) is 3.49. The highest BCUT2D eigenvalue weighted by Crippen LogP contribution is 2.37. The molecular formula is C18H21NO3. The van der Waals surface area contributed by atoms with E-state index in [2.05, 4.69) is 20.8 Å². The van der Waals surface area contributed by atoms with Crippen molar-refractivity contribution in [2.24, 2.45) is 0 Å². The predicted molar refractivity (Wildman–Crippen MR) is 88.3 cm³/mol. The maximum Gasteiger partial charge on any atom is 0.416 e. The van der Waals surface area contributed by atoms with E-state index in [0.717, 1.165) is 5.56 Å². The Labute approximate surface area is 131 Å². The third-order valence-corrected chi connectivity index (χ3v) is 3.49. The van der Waals surface area contributed by atoms with E-state index in [1.165, 1.54) is 4.90 Å². The van der Waals surface area contributed by atoms with Gasteiger partial charge in [-0.05, 0) is 35.2 Å². The van der Waals surface area contributed by atoms with Gasteiger partial charge in [-0.15, -0.1) is 0 Å². The molecule has 0 aliphatic carbocycles. The zero-order valence-corrected chi connectivity index (χ0v) is 13.3. The largest absolute Gasteiger partial charge is 0.495 e. The Balaban J connectivity index is 2.63. The van der Waals surface area contributed by atoms with Gasteiger partial charge < -0.3 is 9.84 Å². The maximum atomic E-state index is 11.8. The van der Waals surface area contributed by atoms with Gasteiger partial charge in [-0.25, -0.2) is 9.69 Å². The van der Waals surface area contributed by atoms with Crippen molar-refractivity contribution in [2.45, 2.75) is 26.2 Å². The van der Waals surface area contributed by atoms with Crippen LogP contribution in [0.25, 0.3) is 0 Å². The van der Waals surface area contributed by atoms with E-state index in [4.69, 9.17) is 4.74 Å². The fourth-order valence-corrected chi connectivity index (χ4v) is 2.26. The van der Waals surface area contributed by atoms with Crippen LogP contribution in [0.5, 0.6) is 5.75 Å². The van der Waals surface area contributed by atoms with Gasteiger partial charge in [0.2, 0.25) is 0 Å². The second kappa shape index (κ2) is 6.10. The molecule has 0 radical (unpaired) electrons. The summed E-state index contributed by atoms with van der Waals surface area (Å²) in [7, 11) is 1.54. The molecule has 2 aromatic rings. The molecular weight excluding hydrogens is 278 g/mol. The van der Waals surface area contributed by atoms with Gasteiger partial charge in [0.05, 0.1) is 18.5 Å². The van der Waals surface area contributed by atoms with E-state index in [0.29, 0.717) is 17.1 Å². The Kier molecular flexibility index (Phi) is 4.40. The van der Waals surface area contributed by atoms with Gasteiger partial charge in [0.25, 0.3) is 0 Å². The number of methoxy groups -OCH3 is 1. The highest BCUT2D eigenvalue weighted by molar-refractivity contribution is 5.96. The molecule has 0 atom stereocenters. The number of para-hydroxylation sites is 1. The van der Waals surface area contributed by atoms with E-state index < -0.39 is 6.09 Å². The first-order valence-electron chi connectivity index (χ1n) is 7.11. The van der Waals surface area contributed by atoms with Crippen LogP contribution in [0.15, 0.2) is 48.5 Å². The van der Waals surface area contributed by atoms with Gasteiger partial charge >= 0.3 is 6.09 Å². The average Bonchev–Trinajstić information content (AvgIpc) is 2.47. The van der Waals surface area contributed by atoms with Crippen molar-refractivity contribution in [3.63, 3.8) is 0 Å². The minimum Gasteiger partial charge on any atom is -0.495 e. The first-order chi connectivity index (χ1) is 10.3. The molecule has 0 spiro atoms. The lowest BCUT2D eigenvalue weighted by Gasteiger charge is -2.25. The summed E-state index contributed by atoms with van der Waals surface area (Å²) in [5.41, 5.74) is 2.07.